The van der Waals surface area contributed by atoms with Crippen molar-refractivity contribution < 1.29 is 9.59 Å². The number of carbonyl (C=O) groups excluding carboxylic acids is 2. The van der Waals surface area contributed by atoms with Gasteiger partial charge in [-0.1, -0.05) is 0 Å². The van der Waals surface area contributed by atoms with E-state index >= 15 is 0 Å². The van der Waals surface area contributed by atoms with Gasteiger partial charge in [-0.25, -0.2) is 0 Å². The van der Waals surface area contributed by atoms with Crippen LogP contribution in [0.25, 0.3) is 0 Å². The smallest absolute Gasteiger partial charge is 0.236 e. The highest BCUT2D eigenvalue weighted by molar-refractivity contribution is 5.84. The molecule has 0 aromatic rings. The standard InChI is InChI=1S/C15H27N3O2/c1-16(2)15(7-4-8-15)12-17(3)11-14(20)18-9-5-13(19)6-10-18/h4-12H2,1-3H3. The number of likely N-dealkylation sites (tertiary alicyclic amines) is 1. The summed E-state index contributed by atoms with van der Waals surface area (Å²) in [6, 6.07) is 0. The molecule has 1 saturated carbocycles. The van der Waals surface area contributed by atoms with Gasteiger partial charge in [-0.05, 0) is 40.4 Å². The minimum Gasteiger partial charge on any atom is -0.341 e. The third kappa shape index (κ3) is 3.38. The second-order valence-corrected chi connectivity index (χ2v) is 6.56. The zero-order valence-corrected chi connectivity index (χ0v) is 13.0. The molecule has 0 radical (unpaired) electrons. The summed E-state index contributed by atoms with van der Waals surface area (Å²) in [5.41, 5.74) is 0.257. The first-order valence-corrected chi connectivity index (χ1v) is 7.58. The van der Waals surface area contributed by atoms with Crippen molar-refractivity contribution in [2.75, 3.05) is 47.3 Å². The lowest BCUT2D eigenvalue weighted by atomic mass is 9.75. The number of piperidine rings is 1. The quantitative estimate of drug-likeness (QED) is 0.740. The Labute approximate surface area is 121 Å². The second kappa shape index (κ2) is 6.22. The third-order valence-corrected chi connectivity index (χ3v) is 4.88. The zero-order chi connectivity index (χ0) is 14.8. The Morgan fingerprint density at radius 3 is 2.25 bits per heavy atom. The van der Waals surface area contributed by atoms with Crippen molar-refractivity contribution in [3.8, 4) is 0 Å². The molecule has 1 aliphatic carbocycles. The fourth-order valence-corrected chi connectivity index (χ4v) is 3.23. The molecule has 1 aliphatic heterocycles. The Kier molecular flexibility index (Phi) is 4.81. The van der Waals surface area contributed by atoms with Gasteiger partial charge < -0.3 is 9.80 Å². The van der Waals surface area contributed by atoms with E-state index in [4.69, 9.17) is 0 Å². The molecule has 1 heterocycles. The van der Waals surface area contributed by atoms with Crippen LogP contribution in [0.3, 0.4) is 0 Å². The topological polar surface area (TPSA) is 43.9 Å². The first kappa shape index (κ1) is 15.4. The van der Waals surface area contributed by atoms with E-state index in [9.17, 15) is 9.59 Å². The van der Waals surface area contributed by atoms with Gasteiger partial charge in [0.1, 0.15) is 5.78 Å². The van der Waals surface area contributed by atoms with E-state index in [0.29, 0.717) is 32.5 Å². The molecule has 0 aromatic heterocycles. The molecule has 2 aliphatic rings. The monoisotopic (exact) mass is 281 g/mol. The SMILES string of the molecule is CN(CC(=O)N1CCC(=O)CC1)CC1(N(C)C)CCC1. The lowest BCUT2D eigenvalue weighted by molar-refractivity contribution is -0.135. The molecule has 0 bridgehead atoms. The fraction of sp³-hybridized carbons (Fsp3) is 0.867. The van der Waals surface area contributed by atoms with Crippen molar-refractivity contribution in [1.29, 1.82) is 0 Å². The number of hydrogen-bond acceptors (Lipinski definition) is 4. The Hall–Kier alpha value is -0.940. The van der Waals surface area contributed by atoms with Crippen LogP contribution in [-0.2, 0) is 9.59 Å². The molecule has 1 saturated heterocycles. The molecule has 1 amide bonds. The maximum absolute atomic E-state index is 12.2. The molecule has 0 spiro atoms. The lowest BCUT2D eigenvalue weighted by Crippen LogP contribution is -2.57. The minimum absolute atomic E-state index is 0.160. The summed E-state index contributed by atoms with van der Waals surface area (Å²) in [5, 5.41) is 0. The summed E-state index contributed by atoms with van der Waals surface area (Å²) >= 11 is 0. The van der Waals surface area contributed by atoms with Gasteiger partial charge in [0, 0.05) is 38.0 Å². The molecule has 0 N–H and O–H groups in total. The van der Waals surface area contributed by atoms with Crippen LogP contribution in [0.15, 0.2) is 0 Å². The number of amides is 1. The van der Waals surface area contributed by atoms with Crippen molar-refractivity contribution in [2.24, 2.45) is 0 Å². The summed E-state index contributed by atoms with van der Waals surface area (Å²) < 4.78 is 0. The van der Waals surface area contributed by atoms with Gasteiger partial charge in [0.25, 0.3) is 0 Å². The van der Waals surface area contributed by atoms with Crippen molar-refractivity contribution >= 4 is 11.7 Å². The van der Waals surface area contributed by atoms with Crippen LogP contribution >= 0.6 is 0 Å². The molecule has 0 unspecified atom stereocenters. The number of Topliss-reactive ketones (excluding diaryl/α,β-unsaturated/α-hetero) is 1. The molecule has 2 fully saturated rings. The van der Waals surface area contributed by atoms with E-state index in [1.807, 2.05) is 11.9 Å². The Balaban J connectivity index is 1.80. The Bertz CT molecular complexity index is 367. The Morgan fingerprint density at radius 1 is 1.20 bits per heavy atom. The molecule has 20 heavy (non-hydrogen) atoms. The van der Waals surface area contributed by atoms with Crippen LogP contribution in [0.5, 0.6) is 0 Å². The van der Waals surface area contributed by atoms with Gasteiger partial charge in [0.2, 0.25) is 5.91 Å². The first-order valence-electron chi connectivity index (χ1n) is 7.58. The zero-order valence-electron chi connectivity index (χ0n) is 13.0. The predicted octanol–water partition coefficient (Wildman–Crippen LogP) is 0.594. The van der Waals surface area contributed by atoms with E-state index < -0.39 is 0 Å². The number of nitrogens with zero attached hydrogens (tertiary/aromatic N) is 3. The summed E-state index contributed by atoms with van der Waals surface area (Å²) in [6.07, 6.45) is 4.77. The number of likely N-dealkylation sites (N-methyl/N-ethyl adjacent to an activating group) is 2. The van der Waals surface area contributed by atoms with Crippen LogP contribution < -0.4 is 0 Å². The summed E-state index contributed by atoms with van der Waals surface area (Å²) in [5.74, 6) is 0.441. The molecule has 114 valence electrons. The van der Waals surface area contributed by atoms with Crippen LogP contribution in [-0.4, -0.2) is 79.3 Å². The lowest BCUT2D eigenvalue weighted by Gasteiger charge is -2.49. The average Bonchev–Trinajstić information content (AvgIpc) is 2.34. The molecule has 5 nitrogen and oxygen atoms in total. The van der Waals surface area contributed by atoms with Crippen molar-refractivity contribution in [3.05, 3.63) is 0 Å². The summed E-state index contributed by atoms with van der Waals surface area (Å²) in [4.78, 5) is 29.7. The summed E-state index contributed by atoms with van der Waals surface area (Å²) in [6.45, 7) is 2.61. The number of rotatable bonds is 5. The van der Waals surface area contributed by atoms with Crippen LogP contribution in [0, 0.1) is 0 Å². The predicted molar refractivity (Wildman–Crippen MR) is 78.6 cm³/mol. The molecule has 0 aromatic carbocycles. The highest BCUT2D eigenvalue weighted by atomic mass is 16.2. The number of hydrogen-bond donors (Lipinski definition) is 0. The van der Waals surface area contributed by atoms with Gasteiger partial charge in [0.05, 0.1) is 6.54 Å². The van der Waals surface area contributed by atoms with E-state index in [0.717, 1.165) is 6.54 Å². The van der Waals surface area contributed by atoms with Crippen LogP contribution in [0.2, 0.25) is 0 Å². The van der Waals surface area contributed by atoms with Crippen molar-refractivity contribution in [3.63, 3.8) is 0 Å². The highest BCUT2D eigenvalue weighted by Crippen LogP contribution is 2.36. The van der Waals surface area contributed by atoms with E-state index in [-0.39, 0.29) is 17.2 Å². The van der Waals surface area contributed by atoms with Gasteiger partial charge in [-0.2, -0.15) is 0 Å². The number of carbonyl (C=O) groups is 2. The average molecular weight is 281 g/mol. The maximum Gasteiger partial charge on any atom is 0.236 e. The largest absolute Gasteiger partial charge is 0.341 e. The Morgan fingerprint density at radius 2 is 1.80 bits per heavy atom. The van der Waals surface area contributed by atoms with Gasteiger partial charge >= 0.3 is 0 Å². The van der Waals surface area contributed by atoms with Gasteiger partial charge in [-0.3, -0.25) is 14.5 Å². The highest BCUT2D eigenvalue weighted by Gasteiger charge is 2.40. The molecule has 5 heteroatoms. The maximum atomic E-state index is 12.2. The van der Waals surface area contributed by atoms with E-state index in [1.165, 1.54) is 19.3 Å². The minimum atomic E-state index is 0.160. The van der Waals surface area contributed by atoms with Gasteiger partial charge in [-0.15, -0.1) is 0 Å². The normalized spacial score (nSPS) is 22.2. The van der Waals surface area contributed by atoms with E-state index in [2.05, 4.69) is 23.9 Å². The second-order valence-electron chi connectivity index (χ2n) is 6.56. The third-order valence-electron chi connectivity index (χ3n) is 4.88. The van der Waals surface area contributed by atoms with Crippen LogP contribution in [0.4, 0.5) is 0 Å². The molecule has 2 rings (SSSR count). The van der Waals surface area contributed by atoms with Crippen LogP contribution in [0.1, 0.15) is 32.1 Å². The first-order chi connectivity index (χ1) is 9.43. The van der Waals surface area contributed by atoms with Gasteiger partial charge in [0.15, 0.2) is 0 Å². The molecular formula is C15H27N3O2. The molecule has 0 atom stereocenters. The van der Waals surface area contributed by atoms with Crippen molar-refractivity contribution in [1.82, 2.24) is 14.7 Å². The summed E-state index contributed by atoms with van der Waals surface area (Å²) in [7, 11) is 6.28. The fourth-order valence-electron chi connectivity index (χ4n) is 3.23. The number of ketones is 1. The van der Waals surface area contributed by atoms with Crippen molar-refractivity contribution in [2.45, 2.75) is 37.6 Å². The molecular weight excluding hydrogens is 254 g/mol. The van der Waals surface area contributed by atoms with E-state index in [1.54, 1.807) is 0 Å².